The second-order valence-electron chi connectivity index (χ2n) is 5.23. The summed E-state index contributed by atoms with van der Waals surface area (Å²) >= 11 is 0. The summed E-state index contributed by atoms with van der Waals surface area (Å²) in [5.41, 5.74) is 0.800. The van der Waals surface area contributed by atoms with Crippen LogP contribution in [0.1, 0.15) is 13.3 Å². The number of rotatable bonds is 2. The predicted octanol–water partition coefficient (Wildman–Crippen LogP) is -1.04. The largest absolute Gasteiger partial charge is 0.458 e. The smallest absolute Gasteiger partial charge is 0.336 e. The van der Waals surface area contributed by atoms with Gasteiger partial charge < -0.3 is 25.0 Å². The van der Waals surface area contributed by atoms with Crippen molar-refractivity contribution >= 4 is 11.9 Å². The van der Waals surface area contributed by atoms with Crippen molar-refractivity contribution in [1.29, 1.82) is 0 Å². The van der Waals surface area contributed by atoms with Crippen molar-refractivity contribution in [3.8, 4) is 0 Å². The Balaban J connectivity index is 1.72. The zero-order valence-electron chi connectivity index (χ0n) is 10.8. The minimum Gasteiger partial charge on any atom is -0.458 e. The van der Waals surface area contributed by atoms with Crippen LogP contribution in [-0.2, 0) is 19.1 Å². The Morgan fingerprint density at radius 1 is 1.45 bits per heavy atom. The number of esters is 1. The van der Waals surface area contributed by atoms with E-state index in [1.807, 2.05) is 0 Å². The highest BCUT2D eigenvalue weighted by Crippen LogP contribution is 2.37. The first-order chi connectivity index (χ1) is 9.47. The van der Waals surface area contributed by atoms with Gasteiger partial charge in [-0.1, -0.05) is 0 Å². The normalized spacial score (nSPS) is 41.5. The molecule has 3 rings (SSSR count). The van der Waals surface area contributed by atoms with Crippen LogP contribution in [0.2, 0.25) is 0 Å². The number of hydrogen-bond donors (Lipinski definition) is 3. The average Bonchev–Trinajstić information content (AvgIpc) is 2.96. The van der Waals surface area contributed by atoms with Gasteiger partial charge in [0.1, 0.15) is 6.10 Å². The molecular formula is C13H15NO6. The number of aliphatic hydroxyl groups excluding tert-OH is 2. The number of cyclic esters (lactones) is 1. The lowest BCUT2D eigenvalue weighted by molar-refractivity contribution is -0.152. The summed E-state index contributed by atoms with van der Waals surface area (Å²) in [6.45, 7) is 1.61. The van der Waals surface area contributed by atoms with Crippen molar-refractivity contribution in [3.63, 3.8) is 0 Å². The summed E-state index contributed by atoms with van der Waals surface area (Å²) in [6, 6.07) is -0.490. The molecule has 20 heavy (non-hydrogen) atoms. The van der Waals surface area contributed by atoms with Gasteiger partial charge in [-0.3, -0.25) is 4.79 Å². The number of amides is 1. The molecule has 7 heteroatoms. The van der Waals surface area contributed by atoms with Crippen LogP contribution in [0.4, 0.5) is 0 Å². The fourth-order valence-electron chi connectivity index (χ4n) is 2.79. The van der Waals surface area contributed by atoms with E-state index in [0.717, 1.165) is 0 Å². The van der Waals surface area contributed by atoms with Gasteiger partial charge >= 0.3 is 5.97 Å². The van der Waals surface area contributed by atoms with Crippen molar-refractivity contribution in [3.05, 3.63) is 23.5 Å². The molecule has 5 unspecified atom stereocenters. The van der Waals surface area contributed by atoms with E-state index < -0.39 is 30.5 Å². The monoisotopic (exact) mass is 281 g/mol. The molecule has 0 aromatic carbocycles. The second kappa shape index (κ2) is 4.60. The van der Waals surface area contributed by atoms with E-state index in [0.29, 0.717) is 17.6 Å². The van der Waals surface area contributed by atoms with E-state index >= 15 is 0 Å². The molecule has 2 fully saturated rings. The number of fused-ring (bicyclic) bond motifs is 1. The van der Waals surface area contributed by atoms with Crippen molar-refractivity contribution in [2.24, 2.45) is 5.92 Å². The molecule has 0 spiro atoms. The van der Waals surface area contributed by atoms with Crippen molar-refractivity contribution in [2.45, 2.75) is 37.9 Å². The summed E-state index contributed by atoms with van der Waals surface area (Å²) in [7, 11) is 0. The van der Waals surface area contributed by atoms with E-state index in [4.69, 9.17) is 9.47 Å². The molecule has 1 amide bonds. The summed E-state index contributed by atoms with van der Waals surface area (Å²) in [5.74, 6) is -1.08. The van der Waals surface area contributed by atoms with E-state index in [9.17, 15) is 19.8 Å². The van der Waals surface area contributed by atoms with Gasteiger partial charge in [0.05, 0.1) is 24.0 Å². The topological polar surface area (TPSA) is 105 Å². The predicted molar refractivity (Wildman–Crippen MR) is 64.9 cm³/mol. The summed E-state index contributed by atoms with van der Waals surface area (Å²) in [4.78, 5) is 23.0. The molecule has 0 aromatic rings. The maximum Gasteiger partial charge on any atom is 0.336 e. The zero-order chi connectivity index (χ0) is 14.4. The van der Waals surface area contributed by atoms with E-state index in [-0.39, 0.29) is 11.8 Å². The summed E-state index contributed by atoms with van der Waals surface area (Å²) in [6.07, 6.45) is 0.388. The molecule has 1 saturated carbocycles. The maximum absolute atomic E-state index is 11.8. The fraction of sp³-hybridized carbons (Fsp3) is 0.538. The molecular weight excluding hydrogens is 266 g/mol. The average molecular weight is 281 g/mol. The van der Waals surface area contributed by atoms with Crippen LogP contribution in [0, 0.1) is 5.92 Å². The molecule has 108 valence electrons. The lowest BCUT2D eigenvalue weighted by Gasteiger charge is -2.13. The Bertz CT molecular complexity index is 525. The molecule has 0 bridgehead atoms. The Morgan fingerprint density at radius 2 is 2.20 bits per heavy atom. The number of aliphatic hydroxyl groups is 2. The van der Waals surface area contributed by atoms with Crippen LogP contribution in [0.15, 0.2) is 23.5 Å². The molecule has 0 radical (unpaired) electrons. The first-order valence-electron chi connectivity index (χ1n) is 6.39. The Morgan fingerprint density at radius 3 is 2.85 bits per heavy atom. The van der Waals surface area contributed by atoms with Gasteiger partial charge in [-0.05, 0) is 13.3 Å². The highest BCUT2D eigenvalue weighted by molar-refractivity contribution is 5.97. The Labute approximate surface area is 114 Å². The van der Waals surface area contributed by atoms with Gasteiger partial charge in [-0.25, -0.2) is 4.79 Å². The molecule has 3 aliphatic rings. The molecule has 1 aliphatic carbocycles. The standard InChI is InChI=1S/C13H15NO6/c1-5-2-9(20-13(5)18)19-4-7-6-3-8(15)11(16)10(6)14-12(7)17/h2,4,6,8-11,15-16H,3H2,1H3,(H,14,17). The van der Waals surface area contributed by atoms with Crippen LogP contribution in [-0.4, -0.2) is 46.6 Å². The van der Waals surface area contributed by atoms with Gasteiger partial charge in [0.15, 0.2) is 0 Å². The van der Waals surface area contributed by atoms with E-state index in [1.54, 1.807) is 6.92 Å². The van der Waals surface area contributed by atoms with Crippen LogP contribution in [0.25, 0.3) is 0 Å². The highest BCUT2D eigenvalue weighted by Gasteiger charge is 2.50. The van der Waals surface area contributed by atoms with Gasteiger partial charge in [0, 0.05) is 17.6 Å². The molecule has 5 atom stereocenters. The molecule has 2 heterocycles. The third kappa shape index (κ3) is 1.99. The fourth-order valence-corrected chi connectivity index (χ4v) is 2.79. The SMILES string of the molecule is CC1=CC(OC=C2C(=O)NC3C2CC(O)C3O)OC1=O. The number of nitrogens with one attached hydrogen (secondary N) is 1. The lowest BCUT2D eigenvalue weighted by atomic mass is 9.99. The van der Waals surface area contributed by atoms with E-state index in [2.05, 4.69) is 5.32 Å². The van der Waals surface area contributed by atoms with Gasteiger partial charge in [0.25, 0.3) is 12.2 Å². The van der Waals surface area contributed by atoms with E-state index in [1.165, 1.54) is 12.3 Å². The highest BCUT2D eigenvalue weighted by atomic mass is 16.7. The Hall–Kier alpha value is -1.86. The van der Waals surface area contributed by atoms with Gasteiger partial charge in [-0.2, -0.15) is 0 Å². The van der Waals surface area contributed by atoms with Gasteiger partial charge in [0.2, 0.25) is 0 Å². The maximum atomic E-state index is 11.8. The van der Waals surface area contributed by atoms with Gasteiger partial charge in [-0.15, -0.1) is 0 Å². The second-order valence-corrected chi connectivity index (χ2v) is 5.23. The first kappa shape index (κ1) is 13.1. The minimum atomic E-state index is -0.971. The van der Waals surface area contributed by atoms with Crippen LogP contribution < -0.4 is 5.32 Å². The summed E-state index contributed by atoms with van der Waals surface area (Å²) < 4.78 is 10.2. The Kier molecular flexibility index (Phi) is 3.02. The van der Waals surface area contributed by atoms with Crippen molar-refractivity contribution < 1.29 is 29.3 Å². The number of hydrogen-bond acceptors (Lipinski definition) is 6. The molecule has 1 saturated heterocycles. The van der Waals surface area contributed by atoms with Crippen LogP contribution in [0.5, 0.6) is 0 Å². The lowest BCUT2D eigenvalue weighted by Crippen LogP contribution is -2.39. The number of carbonyl (C=O) groups is 2. The van der Waals surface area contributed by atoms with Crippen LogP contribution in [0.3, 0.4) is 0 Å². The number of ether oxygens (including phenoxy) is 2. The first-order valence-corrected chi connectivity index (χ1v) is 6.39. The molecule has 3 N–H and O–H groups in total. The quantitative estimate of drug-likeness (QED) is 0.339. The summed E-state index contributed by atoms with van der Waals surface area (Å²) in [5, 5.41) is 22.0. The molecule has 0 aromatic heterocycles. The third-order valence-corrected chi connectivity index (χ3v) is 3.91. The molecule has 2 aliphatic heterocycles. The molecule has 7 nitrogen and oxygen atoms in total. The van der Waals surface area contributed by atoms with Crippen LogP contribution >= 0.6 is 0 Å². The van der Waals surface area contributed by atoms with Crippen molar-refractivity contribution in [2.75, 3.05) is 0 Å². The zero-order valence-corrected chi connectivity index (χ0v) is 10.8. The minimum absolute atomic E-state index is 0.291. The third-order valence-electron chi connectivity index (χ3n) is 3.91. The number of carbonyl (C=O) groups excluding carboxylic acids is 2. The van der Waals surface area contributed by atoms with Crippen molar-refractivity contribution in [1.82, 2.24) is 5.32 Å².